The maximum atomic E-state index is 10.8. The molecule has 1 aromatic rings. The molecule has 1 N–H and O–H groups in total. The third-order valence-corrected chi connectivity index (χ3v) is 2.90. The molecule has 1 aromatic carbocycles. The van der Waals surface area contributed by atoms with Crippen molar-refractivity contribution in [2.24, 2.45) is 0 Å². The van der Waals surface area contributed by atoms with Gasteiger partial charge in [-0.1, -0.05) is 24.4 Å². The molecular weight excluding hydrogens is 286 g/mol. The number of carboxylic acids is 1. The number of carboxylic acid groups (broad SMARTS) is 1. The molecule has 0 bridgehead atoms. The highest BCUT2D eigenvalue weighted by molar-refractivity contribution is 6.30. The van der Waals surface area contributed by atoms with Crippen molar-refractivity contribution in [1.82, 2.24) is 0 Å². The van der Waals surface area contributed by atoms with E-state index in [2.05, 4.69) is 0 Å². The van der Waals surface area contributed by atoms with Gasteiger partial charge in [0.15, 0.2) is 5.75 Å². The fourth-order valence-corrected chi connectivity index (χ4v) is 1.84. The smallest absolute Gasteiger partial charge is 0.312 e. The van der Waals surface area contributed by atoms with E-state index in [1.54, 1.807) is 0 Å². The first-order chi connectivity index (χ1) is 9.50. The van der Waals surface area contributed by atoms with Crippen LogP contribution < -0.4 is 4.74 Å². The lowest BCUT2D eigenvalue weighted by Crippen LogP contribution is -2.01. The fraction of sp³-hybridized carbons (Fsp3) is 0.462. The summed E-state index contributed by atoms with van der Waals surface area (Å²) >= 11 is 5.70. The lowest BCUT2D eigenvalue weighted by atomic mass is 10.1. The molecule has 6 nitrogen and oxygen atoms in total. The van der Waals surface area contributed by atoms with E-state index in [-0.39, 0.29) is 22.9 Å². The van der Waals surface area contributed by atoms with E-state index in [4.69, 9.17) is 21.4 Å². The minimum atomic E-state index is -0.793. The maximum Gasteiger partial charge on any atom is 0.312 e. The number of nitrogens with zero attached hydrogens (tertiary/aromatic N) is 1. The average Bonchev–Trinajstić information content (AvgIpc) is 2.38. The number of ether oxygens (including phenoxy) is 1. The topological polar surface area (TPSA) is 89.7 Å². The van der Waals surface area contributed by atoms with Crippen molar-refractivity contribution < 1.29 is 19.6 Å². The molecule has 0 aromatic heterocycles. The minimum Gasteiger partial charge on any atom is -0.487 e. The van der Waals surface area contributed by atoms with Crippen LogP contribution in [-0.2, 0) is 4.79 Å². The first kappa shape index (κ1) is 16.2. The van der Waals surface area contributed by atoms with Gasteiger partial charge in [0, 0.05) is 17.5 Å². The van der Waals surface area contributed by atoms with Gasteiger partial charge in [0.05, 0.1) is 11.5 Å². The van der Waals surface area contributed by atoms with Gasteiger partial charge in [0.25, 0.3) is 0 Å². The number of nitro benzene ring substituents is 1. The van der Waals surface area contributed by atoms with Crippen molar-refractivity contribution in [3.05, 3.63) is 33.3 Å². The molecule has 0 heterocycles. The summed E-state index contributed by atoms with van der Waals surface area (Å²) in [6.45, 7) is 0.357. The number of aliphatic carboxylic acids is 1. The third kappa shape index (κ3) is 5.88. The molecule has 0 atom stereocenters. The molecule has 0 amide bonds. The molecule has 0 aliphatic heterocycles. The second-order valence-electron chi connectivity index (χ2n) is 4.28. The molecule has 0 spiro atoms. The summed E-state index contributed by atoms with van der Waals surface area (Å²) < 4.78 is 5.36. The van der Waals surface area contributed by atoms with E-state index in [1.807, 2.05) is 0 Å². The second-order valence-corrected chi connectivity index (χ2v) is 4.71. The summed E-state index contributed by atoms with van der Waals surface area (Å²) in [5.41, 5.74) is -0.150. The lowest BCUT2D eigenvalue weighted by molar-refractivity contribution is -0.385. The second kappa shape index (κ2) is 8.37. The van der Waals surface area contributed by atoms with Crippen LogP contribution in [0.1, 0.15) is 32.1 Å². The van der Waals surface area contributed by atoms with Crippen LogP contribution in [0.5, 0.6) is 5.75 Å². The van der Waals surface area contributed by atoms with Gasteiger partial charge in [-0.2, -0.15) is 0 Å². The van der Waals surface area contributed by atoms with Crippen LogP contribution in [0.4, 0.5) is 5.69 Å². The number of hydrogen-bond acceptors (Lipinski definition) is 4. The van der Waals surface area contributed by atoms with E-state index in [1.165, 1.54) is 18.2 Å². The number of rotatable bonds is 9. The molecule has 0 radical (unpaired) electrons. The Morgan fingerprint density at radius 3 is 2.65 bits per heavy atom. The minimum absolute atomic E-state index is 0.150. The van der Waals surface area contributed by atoms with Crippen molar-refractivity contribution in [3.8, 4) is 5.75 Å². The first-order valence-corrected chi connectivity index (χ1v) is 6.67. The summed E-state index contributed by atoms with van der Waals surface area (Å²) in [5, 5.41) is 19.6. The molecule has 110 valence electrons. The van der Waals surface area contributed by atoms with Crippen LogP contribution in [0.15, 0.2) is 18.2 Å². The standard InChI is InChI=1S/C13H16ClNO5/c14-10-6-7-12(11(9-10)15(18)19)20-8-4-2-1-3-5-13(16)17/h6-7,9H,1-5,8H2,(H,16,17). The summed E-state index contributed by atoms with van der Waals surface area (Å²) in [4.78, 5) is 20.6. The van der Waals surface area contributed by atoms with Gasteiger partial charge in [-0.05, 0) is 25.0 Å². The number of halogens is 1. The fourth-order valence-electron chi connectivity index (χ4n) is 1.67. The summed E-state index contributed by atoms with van der Waals surface area (Å²) in [5.74, 6) is -0.594. The molecule has 7 heteroatoms. The zero-order valence-electron chi connectivity index (χ0n) is 10.9. The molecule has 20 heavy (non-hydrogen) atoms. The summed E-state index contributed by atoms with van der Waals surface area (Å²) in [6, 6.07) is 4.27. The highest BCUT2D eigenvalue weighted by Gasteiger charge is 2.15. The Balaban J connectivity index is 2.32. The maximum absolute atomic E-state index is 10.8. The Morgan fingerprint density at radius 1 is 1.30 bits per heavy atom. The van der Waals surface area contributed by atoms with E-state index in [0.717, 1.165) is 19.3 Å². The van der Waals surface area contributed by atoms with Crippen LogP contribution in [-0.4, -0.2) is 22.6 Å². The van der Waals surface area contributed by atoms with Crippen LogP contribution >= 0.6 is 11.6 Å². The van der Waals surface area contributed by atoms with Gasteiger partial charge in [-0.25, -0.2) is 0 Å². The van der Waals surface area contributed by atoms with E-state index in [9.17, 15) is 14.9 Å². The Bertz CT molecular complexity index is 478. The molecule has 0 aliphatic carbocycles. The lowest BCUT2D eigenvalue weighted by Gasteiger charge is -2.06. The number of benzene rings is 1. The van der Waals surface area contributed by atoms with Crippen molar-refractivity contribution in [2.75, 3.05) is 6.61 Å². The van der Waals surface area contributed by atoms with Gasteiger partial charge in [0.2, 0.25) is 0 Å². The average molecular weight is 302 g/mol. The highest BCUT2D eigenvalue weighted by Crippen LogP contribution is 2.29. The summed E-state index contributed by atoms with van der Waals surface area (Å²) in [7, 11) is 0. The van der Waals surface area contributed by atoms with Crippen molar-refractivity contribution in [3.63, 3.8) is 0 Å². The summed E-state index contributed by atoms with van der Waals surface area (Å²) in [6.07, 6.45) is 3.16. The first-order valence-electron chi connectivity index (χ1n) is 6.29. The Kier molecular flexibility index (Phi) is 6.79. The van der Waals surface area contributed by atoms with E-state index in [0.29, 0.717) is 13.0 Å². The monoisotopic (exact) mass is 301 g/mol. The van der Waals surface area contributed by atoms with Crippen LogP contribution in [0.25, 0.3) is 0 Å². The molecule has 0 unspecified atom stereocenters. The highest BCUT2D eigenvalue weighted by atomic mass is 35.5. The molecule has 0 fully saturated rings. The van der Waals surface area contributed by atoms with E-state index < -0.39 is 10.9 Å². The Morgan fingerprint density at radius 2 is 2.00 bits per heavy atom. The van der Waals surface area contributed by atoms with Crippen LogP contribution in [0.3, 0.4) is 0 Å². The van der Waals surface area contributed by atoms with Gasteiger partial charge < -0.3 is 9.84 Å². The predicted octanol–water partition coefficient (Wildman–Crippen LogP) is 3.66. The molecule has 0 saturated heterocycles. The molecule has 0 saturated carbocycles. The van der Waals surface area contributed by atoms with Crippen molar-refractivity contribution in [1.29, 1.82) is 0 Å². The van der Waals surface area contributed by atoms with Crippen LogP contribution in [0.2, 0.25) is 5.02 Å². The molecule has 0 aliphatic rings. The van der Waals surface area contributed by atoms with Gasteiger partial charge in [0.1, 0.15) is 0 Å². The molecule has 1 rings (SSSR count). The predicted molar refractivity (Wildman–Crippen MR) is 74.3 cm³/mol. The normalized spacial score (nSPS) is 10.2. The van der Waals surface area contributed by atoms with Gasteiger partial charge >= 0.3 is 11.7 Å². The number of hydrogen-bond donors (Lipinski definition) is 1. The van der Waals surface area contributed by atoms with Crippen LogP contribution in [0, 0.1) is 10.1 Å². The number of nitro groups is 1. The number of unbranched alkanes of at least 4 members (excludes halogenated alkanes) is 3. The zero-order chi connectivity index (χ0) is 15.0. The Labute approximate surface area is 121 Å². The quantitative estimate of drug-likeness (QED) is 0.427. The molecular formula is C13H16ClNO5. The van der Waals surface area contributed by atoms with Gasteiger partial charge in [-0.3, -0.25) is 14.9 Å². The largest absolute Gasteiger partial charge is 0.487 e. The van der Waals surface area contributed by atoms with E-state index >= 15 is 0 Å². The third-order valence-electron chi connectivity index (χ3n) is 2.66. The number of carbonyl (C=O) groups is 1. The Hall–Kier alpha value is -1.82. The zero-order valence-corrected chi connectivity index (χ0v) is 11.6. The van der Waals surface area contributed by atoms with Crippen molar-refractivity contribution >= 4 is 23.3 Å². The SMILES string of the molecule is O=C(O)CCCCCCOc1ccc(Cl)cc1[N+](=O)[O-]. The van der Waals surface area contributed by atoms with Crippen molar-refractivity contribution in [2.45, 2.75) is 32.1 Å². The van der Waals surface area contributed by atoms with Gasteiger partial charge in [-0.15, -0.1) is 0 Å².